The van der Waals surface area contributed by atoms with Crippen LogP contribution in [0.15, 0.2) is 29.1 Å². The number of rotatable bonds is 1. The zero-order chi connectivity index (χ0) is 18.3. The van der Waals surface area contributed by atoms with E-state index in [1.165, 1.54) is 31.2 Å². The van der Waals surface area contributed by atoms with Crippen LogP contribution in [0.2, 0.25) is 0 Å². The van der Waals surface area contributed by atoms with Gasteiger partial charge in [0.2, 0.25) is 17.1 Å². The molecule has 0 saturated carbocycles. The highest BCUT2D eigenvalue weighted by Crippen LogP contribution is 2.48. The number of carbonyl (C=O) groups excluding carboxylic acids is 1. The van der Waals surface area contributed by atoms with E-state index in [-0.39, 0.29) is 11.5 Å². The molecular formula is C18H17NO6. The van der Waals surface area contributed by atoms with Crippen molar-refractivity contribution in [1.29, 1.82) is 0 Å². The van der Waals surface area contributed by atoms with Crippen LogP contribution in [0.25, 0.3) is 11.1 Å². The molecule has 5 N–H and O–H groups in total. The van der Waals surface area contributed by atoms with E-state index in [9.17, 15) is 30.0 Å². The van der Waals surface area contributed by atoms with Gasteiger partial charge in [-0.3, -0.25) is 9.59 Å². The maximum atomic E-state index is 12.0. The van der Waals surface area contributed by atoms with E-state index in [0.717, 1.165) is 0 Å². The van der Waals surface area contributed by atoms with Gasteiger partial charge < -0.3 is 25.7 Å². The first-order valence-corrected chi connectivity index (χ1v) is 7.71. The first-order chi connectivity index (χ1) is 11.8. The third kappa shape index (κ3) is 2.84. The molecule has 0 saturated heterocycles. The molecule has 0 unspecified atom stereocenters. The molecule has 0 fully saturated rings. The van der Waals surface area contributed by atoms with Crippen LogP contribution >= 0.6 is 0 Å². The standard InChI is InChI=1S/C18H17NO6/c1-8(20)19-12-4-2-9-6-15(23)17(24)18(25)16(9)10-3-5-13(21)14(22)7-11(10)12/h3,5-7,12,23-25H,2,4H2,1H3,(H,19,20)(H,21,22)/t12-/m0/s1. The Morgan fingerprint density at radius 2 is 1.80 bits per heavy atom. The normalized spacial score (nSPS) is 15.6. The van der Waals surface area contributed by atoms with Crippen molar-refractivity contribution in [2.75, 3.05) is 0 Å². The zero-order valence-electron chi connectivity index (χ0n) is 13.4. The predicted octanol–water partition coefficient (Wildman–Crippen LogP) is 1.66. The molecule has 1 aliphatic carbocycles. The van der Waals surface area contributed by atoms with Crippen molar-refractivity contribution in [3.05, 3.63) is 45.6 Å². The molecule has 130 valence electrons. The second-order valence-corrected chi connectivity index (χ2v) is 6.01. The molecule has 7 nitrogen and oxygen atoms in total. The van der Waals surface area contributed by atoms with Crippen molar-refractivity contribution in [3.63, 3.8) is 0 Å². The molecule has 0 bridgehead atoms. The molecule has 1 aliphatic rings. The fourth-order valence-corrected chi connectivity index (χ4v) is 3.20. The molecule has 7 heteroatoms. The van der Waals surface area contributed by atoms with E-state index < -0.39 is 34.5 Å². The Morgan fingerprint density at radius 3 is 2.48 bits per heavy atom. The Balaban J connectivity index is 2.38. The molecular weight excluding hydrogens is 326 g/mol. The molecule has 0 radical (unpaired) electrons. The SMILES string of the molecule is CC(=O)N[C@H]1CCc2cc(O)c(O)c(O)c2-c2ccc(O)c(=O)cc21. The van der Waals surface area contributed by atoms with E-state index in [2.05, 4.69) is 5.32 Å². The number of amides is 1. The van der Waals surface area contributed by atoms with Gasteiger partial charge in [-0.1, -0.05) is 6.07 Å². The van der Waals surface area contributed by atoms with Crippen LogP contribution < -0.4 is 10.7 Å². The molecule has 2 aromatic carbocycles. The highest BCUT2D eigenvalue weighted by molar-refractivity contribution is 5.82. The zero-order valence-corrected chi connectivity index (χ0v) is 13.4. The molecule has 0 spiro atoms. The van der Waals surface area contributed by atoms with E-state index in [1.54, 1.807) is 0 Å². The number of aromatic hydroxyl groups is 4. The second-order valence-electron chi connectivity index (χ2n) is 6.01. The molecule has 1 amide bonds. The van der Waals surface area contributed by atoms with Crippen LogP contribution in [0.4, 0.5) is 0 Å². The minimum atomic E-state index is -0.666. The average Bonchev–Trinajstić information content (AvgIpc) is 2.77. The summed E-state index contributed by atoms with van der Waals surface area (Å²) in [7, 11) is 0. The third-order valence-electron chi connectivity index (χ3n) is 4.32. The van der Waals surface area contributed by atoms with Gasteiger partial charge in [0.15, 0.2) is 17.2 Å². The maximum Gasteiger partial charge on any atom is 0.220 e. The van der Waals surface area contributed by atoms with Gasteiger partial charge in [0.05, 0.1) is 6.04 Å². The van der Waals surface area contributed by atoms with Crippen LogP contribution in [0.1, 0.15) is 30.5 Å². The number of aryl methyl sites for hydroxylation is 1. The molecule has 0 aromatic heterocycles. The van der Waals surface area contributed by atoms with E-state index in [0.29, 0.717) is 29.5 Å². The van der Waals surface area contributed by atoms with Crippen molar-refractivity contribution in [2.45, 2.75) is 25.8 Å². The Kier molecular flexibility index (Phi) is 4.00. The van der Waals surface area contributed by atoms with E-state index in [1.807, 2.05) is 0 Å². The molecule has 3 rings (SSSR count). The Morgan fingerprint density at radius 1 is 1.08 bits per heavy atom. The smallest absolute Gasteiger partial charge is 0.220 e. The fourth-order valence-electron chi connectivity index (χ4n) is 3.20. The van der Waals surface area contributed by atoms with Crippen molar-refractivity contribution in [1.82, 2.24) is 5.32 Å². The van der Waals surface area contributed by atoms with Gasteiger partial charge in [0.1, 0.15) is 0 Å². The summed E-state index contributed by atoms with van der Waals surface area (Å²) in [6.07, 6.45) is 0.799. The monoisotopic (exact) mass is 343 g/mol. The van der Waals surface area contributed by atoms with Gasteiger partial charge in [-0.25, -0.2) is 0 Å². The van der Waals surface area contributed by atoms with Crippen molar-refractivity contribution >= 4 is 5.91 Å². The number of hydrogen-bond acceptors (Lipinski definition) is 6. The topological polar surface area (TPSA) is 127 Å². The predicted molar refractivity (Wildman–Crippen MR) is 89.7 cm³/mol. The molecule has 0 heterocycles. The van der Waals surface area contributed by atoms with Crippen LogP contribution in [-0.2, 0) is 11.2 Å². The lowest BCUT2D eigenvalue weighted by atomic mass is 9.95. The van der Waals surface area contributed by atoms with Crippen molar-refractivity contribution in [2.24, 2.45) is 0 Å². The summed E-state index contributed by atoms with van der Waals surface area (Å²) in [4.78, 5) is 23.6. The lowest BCUT2D eigenvalue weighted by molar-refractivity contribution is -0.119. The summed E-state index contributed by atoms with van der Waals surface area (Å²) in [5, 5.41) is 42.5. The summed E-state index contributed by atoms with van der Waals surface area (Å²) in [5.41, 5.74) is 0.992. The lowest BCUT2D eigenvalue weighted by Crippen LogP contribution is -2.26. The van der Waals surface area contributed by atoms with Gasteiger partial charge in [0.25, 0.3) is 0 Å². The Bertz CT molecular complexity index is 938. The maximum absolute atomic E-state index is 12.0. The minimum Gasteiger partial charge on any atom is -0.504 e. The number of benzene rings is 1. The fraction of sp³-hybridized carbons (Fsp3) is 0.222. The molecule has 1 atom stereocenters. The number of nitrogens with one attached hydrogen (secondary N) is 1. The molecule has 2 aromatic rings. The Hall–Kier alpha value is -3.22. The van der Waals surface area contributed by atoms with Crippen molar-refractivity contribution < 1.29 is 25.2 Å². The van der Waals surface area contributed by atoms with Gasteiger partial charge in [0, 0.05) is 12.5 Å². The van der Waals surface area contributed by atoms with Crippen LogP contribution in [0.3, 0.4) is 0 Å². The first kappa shape index (κ1) is 16.6. The van der Waals surface area contributed by atoms with Gasteiger partial charge in [-0.2, -0.15) is 0 Å². The van der Waals surface area contributed by atoms with Gasteiger partial charge >= 0.3 is 0 Å². The summed E-state index contributed by atoms with van der Waals surface area (Å²) in [6, 6.07) is 4.67. The average molecular weight is 343 g/mol. The Labute approximate surface area is 142 Å². The minimum absolute atomic E-state index is 0.258. The molecule has 25 heavy (non-hydrogen) atoms. The largest absolute Gasteiger partial charge is 0.504 e. The quantitative estimate of drug-likeness (QED) is 0.501. The highest BCUT2D eigenvalue weighted by Gasteiger charge is 2.27. The summed E-state index contributed by atoms with van der Waals surface area (Å²) in [5.74, 6) is -2.40. The first-order valence-electron chi connectivity index (χ1n) is 7.71. The number of phenols is 3. The van der Waals surface area contributed by atoms with E-state index >= 15 is 0 Å². The van der Waals surface area contributed by atoms with Crippen LogP contribution in [-0.4, -0.2) is 26.3 Å². The van der Waals surface area contributed by atoms with Gasteiger partial charge in [-0.15, -0.1) is 0 Å². The summed E-state index contributed by atoms with van der Waals surface area (Å²) < 4.78 is 0. The second kappa shape index (κ2) is 6.01. The summed E-state index contributed by atoms with van der Waals surface area (Å²) in [6.45, 7) is 1.35. The number of carbonyl (C=O) groups is 1. The van der Waals surface area contributed by atoms with Crippen molar-refractivity contribution in [3.8, 4) is 34.1 Å². The van der Waals surface area contributed by atoms with Crippen LogP contribution in [0.5, 0.6) is 23.0 Å². The summed E-state index contributed by atoms with van der Waals surface area (Å²) >= 11 is 0. The third-order valence-corrected chi connectivity index (χ3v) is 4.32. The lowest BCUT2D eigenvalue weighted by Gasteiger charge is -2.17. The number of phenolic OH excluding ortho intramolecular Hbond substituents is 3. The number of hydrogen-bond donors (Lipinski definition) is 5. The molecule has 0 aliphatic heterocycles. The van der Waals surface area contributed by atoms with Crippen LogP contribution in [0, 0.1) is 0 Å². The van der Waals surface area contributed by atoms with Gasteiger partial charge in [-0.05, 0) is 47.7 Å². The highest BCUT2D eigenvalue weighted by atomic mass is 16.3. The number of fused-ring (bicyclic) bond motifs is 3. The van der Waals surface area contributed by atoms with E-state index in [4.69, 9.17) is 0 Å².